The molecule has 1 saturated carbocycles. The molecule has 1 fully saturated rings. The standard InChI is InChI=1S/C11H13ClF3N3O2/c1-20-5-4-18-9(19)8(12)7(6-16-18)17-10(2-3-10)11(13,14)15/h6,17H,2-5H2,1H3. The van der Waals surface area contributed by atoms with Crippen molar-refractivity contribution in [3.63, 3.8) is 0 Å². The average molecular weight is 312 g/mol. The molecule has 0 aliphatic heterocycles. The minimum atomic E-state index is -4.39. The summed E-state index contributed by atoms with van der Waals surface area (Å²) < 4.78 is 44.3. The van der Waals surface area contributed by atoms with Gasteiger partial charge in [-0.15, -0.1) is 0 Å². The third-order valence-corrected chi connectivity index (χ3v) is 3.52. The van der Waals surface area contributed by atoms with Crippen LogP contribution in [0.1, 0.15) is 12.8 Å². The van der Waals surface area contributed by atoms with Gasteiger partial charge in [0, 0.05) is 7.11 Å². The quantitative estimate of drug-likeness (QED) is 0.904. The fraction of sp³-hybridized carbons (Fsp3) is 0.636. The monoisotopic (exact) mass is 311 g/mol. The van der Waals surface area contributed by atoms with E-state index in [2.05, 4.69) is 10.4 Å². The van der Waals surface area contributed by atoms with Crippen molar-refractivity contribution in [3.8, 4) is 0 Å². The Labute approximate surface area is 117 Å². The van der Waals surface area contributed by atoms with Crippen molar-refractivity contribution in [2.45, 2.75) is 31.1 Å². The number of methoxy groups -OCH3 is 1. The summed E-state index contributed by atoms with van der Waals surface area (Å²) in [4.78, 5) is 11.8. The molecule has 20 heavy (non-hydrogen) atoms. The normalized spacial score (nSPS) is 17.1. The van der Waals surface area contributed by atoms with E-state index in [1.54, 1.807) is 0 Å². The number of halogens is 4. The van der Waals surface area contributed by atoms with Crippen LogP contribution in [-0.2, 0) is 11.3 Å². The van der Waals surface area contributed by atoms with E-state index in [0.29, 0.717) is 0 Å². The molecule has 0 saturated heterocycles. The summed E-state index contributed by atoms with van der Waals surface area (Å²) in [6, 6.07) is 0. The minimum absolute atomic E-state index is 0.0421. The van der Waals surface area contributed by atoms with Crippen LogP contribution in [0.2, 0.25) is 5.02 Å². The van der Waals surface area contributed by atoms with Gasteiger partial charge in [0.1, 0.15) is 10.6 Å². The molecule has 0 unspecified atom stereocenters. The Morgan fingerprint density at radius 2 is 2.20 bits per heavy atom. The molecule has 0 aromatic carbocycles. The molecule has 9 heteroatoms. The van der Waals surface area contributed by atoms with Gasteiger partial charge in [0.25, 0.3) is 5.56 Å². The molecule has 1 aromatic heterocycles. The van der Waals surface area contributed by atoms with E-state index in [4.69, 9.17) is 16.3 Å². The first-order valence-corrected chi connectivity index (χ1v) is 6.28. The lowest BCUT2D eigenvalue weighted by atomic mass is 10.2. The van der Waals surface area contributed by atoms with E-state index >= 15 is 0 Å². The van der Waals surface area contributed by atoms with Gasteiger partial charge < -0.3 is 10.1 Å². The van der Waals surface area contributed by atoms with Gasteiger partial charge in [0.2, 0.25) is 0 Å². The minimum Gasteiger partial charge on any atom is -0.383 e. The Morgan fingerprint density at radius 1 is 1.55 bits per heavy atom. The third-order valence-electron chi connectivity index (χ3n) is 3.16. The molecule has 112 valence electrons. The number of ether oxygens (including phenoxy) is 1. The molecule has 1 aliphatic rings. The van der Waals surface area contributed by atoms with Crippen LogP contribution in [0.4, 0.5) is 18.9 Å². The first-order chi connectivity index (χ1) is 9.31. The summed E-state index contributed by atoms with van der Waals surface area (Å²) >= 11 is 5.82. The SMILES string of the molecule is COCCn1ncc(NC2(C(F)(F)F)CC2)c(Cl)c1=O. The van der Waals surface area contributed by atoms with E-state index in [0.717, 1.165) is 10.9 Å². The molecule has 1 N–H and O–H groups in total. The lowest BCUT2D eigenvalue weighted by Gasteiger charge is -2.22. The fourth-order valence-corrected chi connectivity index (χ4v) is 1.94. The average Bonchev–Trinajstić information content (AvgIpc) is 3.15. The van der Waals surface area contributed by atoms with E-state index in [1.165, 1.54) is 7.11 Å². The van der Waals surface area contributed by atoms with Crippen molar-refractivity contribution >= 4 is 17.3 Å². The van der Waals surface area contributed by atoms with E-state index in [9.17, 15) is 18.0 Å². The zero-order chi connectivity index (χ0) is 15.0. The third kappa shape index (κ3) is 2.76. The summed E-state index contributed by atoms with van der Waals surface area (Å²) in [5.74, 6) is 0. The van der Waals surface area contributed by atoms with Gasteiger partial charge in [0.05, 0.1) is 25.0 Å². The lowest BCUT2D eigenvalue weighted by molar-refractivity contribution is -0.151. The Hall–Kier alpha value is -1.28. The summed E-state index contributed by atoms with van der Waals surface area (Å²) in [5, 5.41) is 5.78. The molecule has 1 heterocycles. The predicted molar refractivity (Wildman–Crippen MR) is 67.0 cm³/mol. The zero-order valence-corrected chi connectivity index (χ0v) is 11.4. The zero-order valence-electron chi connectivity index (χ0n) is 10.6. The van der Waals surface area contributed by atoms with Crippen LogP contribution in [0.25, 0.3) is 0 Å². The van der Waals surface area contributed by atoms with Gasteiger partial charge in [-0.3, -0.25) is 4.79 Å². The molecule has 0 spiro atoms. The van der Waals surface area contributed by atoms with Crippen molar-refractivity contribution in [1.29, 1.82) is 0 Å². The van der Waals surface area contributed by atoms with Crippen molar-refractivity contribution in [3.05, 3.63) is 21.6 Å². The van der Waals surface area contributed by atoms with Crippen molar-refractivity contribution < 1.29 is 17.9 Å². The highest BCUT2D eigenvalue weighted by Crippen LogP contribution is 2.51. The van der Waals surface area contributed by atoms with Gasteiger partial charge in [-0.2, -0.15) is 18.3 Å². The van der Waals surface area contributed by atoms with Gasteiger partial charge >= 0.3 is 6.18 Å². The molecule has 5 nitrogen and oxygen atoms in total. The fourth-order valence-electron chi connectivity index (χ4n) is 1.75. The van der Waals surface area contributed by atoms with Crippen molar-refractivity contribution in [1.82, 2.24) is 9.78 Å². The van der Waals surface area contributed by atoms with Gasteiger partial charge in [-0.25, -0.2) is 4.68 Å². The molecular formula is C11H13ClF3N3O2. The maximum absolute atomic E-state index is 12.8. The predicted octanol–water partition coefficient (Wildman–Crippen LogP) is 2.05. The molecule has 2 rings (SSSR count). The Morgan fingerprint density at radius 3 is 2.70 bits per heavy atom. The Bertz CT molecular complexity index is 555. The van der Waals surface area contributed by atoms with E-state index in [1.807, 2.05) is 0 Å². The number of nitrogens with one attached hydrogen (secondary N) is 1. The highest BCUT2D eigenvalue weighted by atomic mass is 35.5. The summed E-state index contributed by atoms with van der Waals surface area (Å²) in [6.45, 7) is 0.433. The van der Waals surface area contributed by atoms with Crippen LogP contribution in [0.15, 0.2) is 11.0 Å². The van der Waals surface area contributed by atoms with Crippen molar-refractivity contribution in [2.24, 2.45) is 0 Å². The van der Waals surface area contributed by atoms with Crippen LogP contribution in [0, 0.1) is 0 Å². The van der Waals surface area contributed by atoms with Crippen LogP contribution < -0.4 is 10.9 Å². The number of hydrogen-bond acceptors (Lipinski definition) is 4. The number of anilines is 1. The van der Waals surface area contributed by atoms with Crippen molar-refractivity contribution in [2.75, 3.05) is 19.0 Å². The van der Waals surface area contributed by atoms with E-state index in [-0.39, 0.29) is 36.7 Å². The molecule has 0 amide bonds. The molecule has 1 aromatic rings. The molecular weight excluding hydrogens is 299 g/mol. The Balaban J connectivity index is 2.23. The van der Waals surface area contributed by atoms with Crippen LogP contribution >= 0.6 is 11.6 Å². The molecule has 0 radical (unpaired) electrons. The molecule has 0 bridgehead atoms. The lowest BCUT2D eigenvalue weighted by Crippen LogP contribution is -2.39. The number of hydrogen-bond donors (Lipinski definition) is 1. The second kappa shape index (κ2) is 5.25. The van der Waals surface area contributed by atoms with Crippen LogP contribution in [-0.4, -0.2) is 35.2 Å². The second-order valence-electron chi connectivity index (χ2n) is 4.60. The smallest absolute Gasteiger partial charge is 0.383 e. The first kappa shape index (κ1) is 15.1. The second-order valence-corrected chi connectivity index (χ2v) is 4.98. The highest BCUT2D eigenvalue weighted by Gasteiger charge is 2.63. The topological polar surface area (TPSA) is 56.1 Å². The molecule has 1 aliphatic carbocycles. The molecule has 0 atom stereocenters. The van der Waals surface area contributed by atoms with Crippen LogP contribution in [0.5, 0.6) is 0 Å². The Kier molecular flexibility index (Phi) is 3.97. The maximum atomic E-state index is 12.8. The largest absolute Gasteiger partial charge is 0.411 e. The van der Waals surface area contributed by atoms with Gasteiger partial charge in [-0.05, 0) is 12.8 Å². The van der Waals surface area contributed by atoms with Gasteiger partial charge in [0.15, 0.2) is 0 Å². The first-order valence-electron chi connectivity index (χ1n) is 5.90. The number of nitrogens with zero attached hydrogens (tertiary/aromatic N) is 2. The highest BCUT2D eigenvalue weighted by molar-refractivity contribution is 6.33. The maximum Gasteiger partial charge on any atom is 0.411 e. The summed E-state index contributed by atoms with van der Waals surface area (Å²) in [7, 11) is 1.46. The summed E-state index contributed by atoms with van der Waals surface area (Å²) in [6.07, 6.45) is -3.34. The number of rotatable bonds is 5. The van der Waals surface area contributed by atoms with Crippen LogP contribution in [0.3, 0.4) is 0 Å². The number of alkyl halides is 3. The van der Waals surface area contributed by atoms with Gasteiger partial charge in [-0.1, -0.05) is 11.6 Å². The van der Waals surface area contributed by atoms with E-state index < -0.39 is 17.3 Å². The summed E-state index contributed by atoms with van der Waals surface area (Å²) in [5.41, 5.74) is -2.73. The number of aromatic nitrogens is 2.